The summed E-state index contributed by atoms with van der Waals surface area (Å²) in [4.78, 5) is 29.2. The number of rotatable bonds is 3. The number of piperazine rings is 1. The maximum Gasteiger partial charge on any atom is 0.292 e. The minimum absolute atomic E-state index is 0.106. The summed E-state index contributed by atoms with van der Waals surface area (Å²) in [5, 5.41) is 5.19. The molecule has 1 fully saturated rings. The molecule has 1 amide bonds. The average molecular weight is 464 g/mol. The number of carbonyl (C=O) groups excluding carboxylic acids is 1. The van der Waals surface area contributed by atoms with Crippen LogP contribution in [0.15, 0.2) is 59.5 Å². The Labute approximate surface area is 188 Å². The molecule has 9 heteroatoms. The highest BCUT2D eigenvalue weighted by Crippen LogP contribution is 2.25. The van der Waals surface area contributed by atoms with Crippen LogP contribution in [0.25, 0.3) is 5.69 Å². The molecule has 30 heavy (non-hydrogen) atoms. The third-order valence-electron chi connectivity index (χ3n) is 4.97. The summed E-state index contributed by atoms with van der Waals surface area (Å²) in [5.74, 6) is -0.153. The van der Waals surface area contributed by atoms with E-state index in [0.717, 1.165) is 0 Å². The van der Waals surface area contributed by atoms with Gasteiger partial charge >= 0.3 is 0 Å². The molecule has 0 atom stereocenters. The van der Waals surface area contributed by atoms with Gasteiger partial charge < -0.3 is 9.80 Å². The lowest BCUT2D eigenvalue weighted by molar-refractivity contribution is 0.0747. The second kappa shape index (κ2) is 8.68. The zero-order chi connectivity index (χ0) is 21.3. The number of hydrogen-bond donors (Lipinski definition) is 0. The van der Waals surface area contributed by atoms with Gasteiger partial charge in [-0.1, -0.05) is 53.0 Å². The van der Waals surface area contributed by atoms with Crippen molar-refractivity contribution >= 4 is 46.4 Å². The van der Waals surface area contributed by atoms with Crippen LogP contribution in [0.4, 0.5) is 5.69 Å². The Balaban J connectivity index is 1.50. The maximum absolute atomic E-state index is 12.8. The Kier molecular flexibility index (Phi) is 5.99. The lowest BCUT2D eigenvalue weighted by Gasteiger charge is -2.36. The van der Waals surface area contributed by atoms with Crippen molar-refractivity contribution in [2.24, 2.45) is 0 Å². The largest absolute Gasteiger partial charge is 0.365 e. The van der Waals surface area contributed by atoms with Gasteiger partial charge in [-0.2, -0.15) is 9.78 Å². The van der Waals surface area contributed by atoms with Crippen LogP contribution in [0.2, 0.25) is 15.1 Å². The number of carbonyl (C=O) groups is 1. The molecule has 2 heterocycles. The van der Waals surface area contributed by atoms with Gasteiger partial charge in [0.2, 0.25) is 0 Å². The van der Waals surface area contributed by atoms with Gasteiger partial charge in [-0.3, -0.25) is 9.59 Å². The third kappa shape index (κ3) is 4.03. The molecular weight excluding hydrogens is 447 g/mol. The van der Waals surface area contributed by atoms with Crippen LogP contribution < -0.4 is 10.5 Å². The molecule has 154 valence electrons. The Morgan fingerprint density at radius 3 is 2.30 bits per heavy atom. The fraction of sp³-hybridized carbons (Fsp3) is 0.190. The first kappa shape index (κ1) is 20.7. The Hall–Kier alpha value is -2.54. The van der Waals surface area contributed by atoms with Gasteiger partial charge in [0.15, 0.2) is 0 Å². The minimum Gasteiger partial charge on any atom is -0.365 e. The highest BCUT2D eigenvalue weighted by atomic mass is 35.5. The van der Waals surface area contributed by atoms with Gasteiger partial charge in [-0.15, -0.1) is 0 Å². The Bertz CT molecular complexity index is 1140. The molecular formula is C21H17Cl3N4O2. The summed E-state index contributed by atoms with van der Waals surface area (Å²) in [5.41, 5.74) is 1.24. The molecule has 3 aromatic rings. The second-order valence-corrected chi connectivity index (χ2v) is 8.02. The van der Waals surface area contributed by atoms with Gasteiger partial charge in [0, 0.05) is 31.2 Å². The fourth-order valence-corrected chi connectivity index (χ4v) is 4.12. The fourth-order valence-electron chi connectivity index (χ4n) is 3.38. The van der Waals surface area contributed by atoms with E-state index >= 15 is 0 Å². The summed E-state index contributed by atoms with van der Waals surface area (Å²) < 4.78 is 1.27. The molecule has 0 radical (unpaired) electrons. The zero-order valence-corrected chi connectivity index (χ0v) is 18.0. The Morgan fingerprint density at radius 1 is 0.933 bits per heavy atom. The Morgan fingerprint density at radius 2 is 1.63 bits per heavy atom. The lowest BCUT2D eigenvalue weighted by atomic mass is 10.1. The smallest absolute Gasteiger partial charge is 0.292 e. The molecule has 1 aliphatic rings. The van der Waals surface area contributed by atoms with E-state index in [9.17, 15) is 9.59 Å². The predicted molar refractivity (Wildman–Crippen MR) is 119 cm³/mol. The van der Waals surface area contributed by atoms with E-state index in [1.807, 2.05) is 23.1 Å². The normalized spacial score (nSPS) is 14.1. The van der Waals surface area contributed by atoms with E-state index in [0.29, 0.717) is 53.2 Å². The molecule has 4 rings (SSSR count). The van der Waals surface area contributed by atoms with E-state index in [1.165, 1.54) is 4.68 Å². The molecule has 0 N–H and O–H groups in total. The summed E-state index contributed by atoms with van der Waals surface area (Å²) in [6.45, 7) is 1.98. The number of para-hydroxylation sites is 1. The quantitative estimate of drug-likeness (QED) is 0.585. The number of aromatic nitrogens is 2. The molecule has 1 aliphatic heterocycles. The molecule has 0 bridgehead atoms. The summed E-state index contributed by atoms with van der Waals surface area (Å²) in [6, 6.07) is 13.9. The highest BCUT2D eigenvalue weighted by molar-refractivity contribution is 6.36. The van der Waals surface area contributed by atoms with Crippen LogP contribution in [0.1, 0.15) is 10.4 Å². The number of anilines is 1. The monoisotopic (exact) mass is 462 g/mol. The van der Waals surface area contributed by atoms with Crippen molar-refractivity contribution in [1.29, 1.82) is 0 Å². The van der Waals surface area contributed by atoms with Crippen LogP contribution in [-0.4, -0.2) is 46.8 Å². The van der Waals surface area contributed by atoms with Crippen molar-refractivity contribution in [1.82, 2.24) is 14.7 Å². The molecule has 1 saturated heterocycles. The van der Waals surface area contributed by atoms with E-state index in [1.54, 1.807) is 41.4 Å². The predicted octanol–water partition coefficient (Wildman–Crippen LogP) is 4.16. The molecule has 6 nitrogen and oxygen atoms in total. The highest BCUT2D eigenvalue weighted by Gasteiger charge is 2.26. The van der Waals surface area contributed by atoms with Crippen LogP contribution in [0, 0.1) is 0 Å². The molecule has 0 aliphatic carbocycles. The van der Waals surface area contributed by atoms with E-state index in [4.69, 9.17) is 34.8 Å². The second-order valence-electron chi connectivity index (χ2n) is 6.80. The van der Waals surface area contributed by atoms with Crippen molar-refractivity contribution in [3.63, 3.8) is 0 Å². The average Bonchev–Trinajstić information content (AvgIpc) is 2.76. The standard InChI is InChI=1S/C21H17Cl3N4O2/c22-14-6-7-16(17(23)12-14)20(29)27-10-8-26(9-11-27)18-13-25-28(21(30)19(18)24)15-4-2-1-3-5-15/h1-7,12-13H,8-11H2. The van der Waals surface area contributed by atoms with Gasteiger partial charge in [0.05, 0.1) is 28.2 Å². The summed E-state index contributed by atoms with van der Waals surface area (Å²) >= 11 is 18.5. The zero-order valence-electron chi connectivity index (χ0n) is 15.8. The number of halogens is 3. The van der Waals surface area contributed by atoms with Gasteiger partial charge in [-0.25, -0.2) is 0 Å². The minimum atomic E-state index is -0.383. The molecule has 1 aromatic heterocycles. The number of hydrogen-bond acceptors (Lipinski definition) is 4. The van der Waals surface area contributed by atoms with Gasteiger partial charge in [0.1, 0.15) is 5.02 Å². The summed E-state index contributed by atoms with van der Waals surface area (Å²) in [7, 11) is 0. The molecule has 0 spiro atoms. The third-order valence-corrected chi connectivity index (χ3v) is 5.87. The molecule has 2 aromatic carbocycles. The van der Waals surface area contributed by atoms with Gasteiger partial charge in [-0.05, 0) is 30.3 Å². The maximum atomic E-state index is 12.8. The topological polar surface area (TPSA) is 58.4 Å². The first-order chi connectivity index (χ1) is 14.5. The lowest BCUT2D eigenvalue weighted by Crippen LogP contribution is -2.49. The van der Waals surface area contributed by atoms with Crippen molar-refractivity contribution in [2.75, 3.05) is 31.1 Å². The number of amides is 1. The number of benzene rings is 2. The van der Waals surface area contributed by atoms with E-state index in [2.05, 4.69) is 5.10 Å². The van der Waals surface area contributed by atoms with Crippen LogP contribution >= 0.6 is 34.8 Å². The van der Waals surface area contributed by atoms with Crippen molar-refractivity contribution in [3.8, 4) is 5.69 Å². The van der Waals surface area contributed by atoms with Crippen molar-refractivity contribution in [2.45, 2.75) is 0 Å². The first-order valence-electron chi connectivity index (χ1n) is 9.28. The van der Waals surface area contributed by atoms with Crippen molar-refractivity contribution < 1.29 is 4.79 Å². The summed E-state index contributed by atoms with van der Waals surface area (Å²) in [6.07, 6.45) is 1.59. The van der Waals surface area contributed by atoms with Crippen LogP contribution in [-0.2, 0) is 0 Å². The number of nitrogens with zero attached hydrogens (tertiary/aromatic N) is 4. The van der Waals surface area contributed by atoms with Gasteiger partial charge in [0.25, 0.3) is 11.5 Å². The van der Waals surface area contributed by atoms with E-state index in [-0.39, 0.29) is 16.5 Å². The van der Waals surface area contributed by atoms with Crippen LogP contribution in [0.3, 0.4) is 0 Å². The molecule has 0 saturated carbocycles. The first-order valence-corrected chi connectivity index (χ1v) is 10.4. The van der Waals surface area contributed by atoms with E-state index < -0.39 is 0 Å². The van der Waals surface area contributed by atoms with Crippen LogP contribution in [0.5, 0.6) is 0 Å². The molecule has 0 unspecified atom stereocenters. The SMILES string of the molecule is O=C(c1ccc(Cl)cc1Cl)N1CCN(c2cnn(-c3ccccc3)c(=O)c2Cl)CC1. The van der Waals surface area contributed by atoms with Crippen molar-refractivity contribution in [3.05, 3.63) is 85.7 Å².